The lowest BCUT2D eigenvalue weighted by Gasteiger charge is -2.49. The summed E-state index contributed by atoms with van der Waals surface area (Å²) in [5, 5.41) is 63.2. The number of aromatic amines is 3. The average molecular weight is 860 g/mol. The highest BCUT2D eigenvalue weighted by Gasteiger charge is 2.48. The Labute approximate surface area is 343 Å². The van der Waals surface area contributed by atoms with Crippen LogP contribution in [0.4, 0.5) is 4.79 Å². The molecular weight excluding hydrogens is 824 g/mol. The smallest absolute Gasteiger partial charge is 0.371 e. The second kappa shape index (κ2) is 15.4. The van der Waals surface area contributed by atoms with Crippen molar-refractivity contribution >= 4 is 35.6 Å². The summed E-state index contributed by atoms with van der Waals surface area (Å²) in [6, 6.07) is -2.59. The molecule has 0 aromatic carbocycles. The Morgan fingerprint density at radius 1 is 0.758 bits per heavy atom. The van der Waals surface area contributed by atoms with Gasteiger partial charge in [-0.1, -0.05) is 13.8 Å². The molecule has 62 heavy (non-hydrogen) atoms. The van der Waals surface area contributed by atoms with Crippen LogP contribution in [0.3, 0.4) is 0 Å². The molecule has 2 unspecified atom stereocenters. The van der Waals surface area contributed by atoms with Gasteiger partial charge in [0.25, 0.3) is 16.7 Å². The number of urea groups is 1. The molecule has 2 amide bonds. The summed E-state index contributed by atoms with van der Waals surface area (Å²) < 4.78 is 2.61. The van der Waals surface area contributed by atoms with Gasteiger partial charge in [0.2, 0.25) is 11.8 Å². The normalized spacial score (nSPS) is 19.7. The SMILES string of the molecule is CCC1=C(N2C(O)=NC(O)=C(C)C2n2ccc(=O)[nH]c2=O)[N]C(=O)N=C1N(N1CC(n2ccc(=O)[nH]c2=O)=C(N)N=C1O)N1C(O)=NC(O)=C(CC)C1n1cc(C)c(=O)[nH]c1=O. The summed E-state index contributed by atoms with van der Waals surface area (Å²) >= 11 is 0. The maximum Gasteiger partial charge on any atom is 0.371 e. The average Bonchev–Trinajstić information content (AvgIpc) is 3.19. The molecule has 28 heteroatoms. The van der Waals surface area contributed by atoms with Crippen molar-refractivity contribution in [1.82, 2.24) is 54.0 Å². The number of nitrogens with one attached hydrogen (secondary N) is 3. The molecule has 0 bridgehead atoms. The lowest BCUT2D eigenvalue weighted by atomic mass is 10.1. The molecule has 4 aliphatic rings. The van der Waals surface area contributed by atoms with Crippen molar-refractivity contribution in [3.05, 3.63) is 139 Å². The van der Waals surface area contributed by atoms with E-state index in [-0.39, 0.29) is 40.8 Å². The van der Waals surface area contributed by atoms with Gasteiger partial charge >= 0.3 is 41.2 Å². The van der Waals surface area contributed by atoms with Crippen LogP contribution in [-0.2, 0) is 0 Å². The summed E-state index contributed by atoms with van der Waals surface area (Å²) in [6.07, 6.45) is -0.535. The number of H-pyrrole nitrogens is 3. The number of rotatable bonds is 8. The molecule has 4 aliphatic heterocycles. The number of aliphatic imine (C=N–C) groups is 4. The number of aryl methyl sites for hydroxylation is 1. The van der Waals surface area contributed by atoms with E-state index in [9.17, 15) is 59.1 Å². The molecule has 0 saturated carbocycles. The molecule has 0 spiro atoms. The fraction of sp³-hybridized carbons (Fsp3) is 0.265. The molecule has 3 aromatic heterocycles. The molecule has 2 atom stereocenters. The Bertz CT molecular complexity index is 3080. The molecule has 10 N–H and O–H groups in total. The van der Waals surface area contributed by atoms with Gasteiger partial charge in [-0.2, -0.15) is 35.4 Å². The molecule has 0 fully saturated rings. The van der Waals surface area contributed by atoms with Crippen molar-refractivity contribution in [3.8, 4) is 0 Å². The van der Waals surface area contributed by atoms with E-state index in [0.717, 1.165) is 64.5 Å². The van der Waals surface area contributed by atoms with Crippen molar-refractivity contribution in [2.45, 2.75) is 52.9 Å². The highest BCUT2D eigenvalue weighted by atomic mass is 16.3. The first kappa shape index (κ1) is 41.3. The minimum atomic E-state index is -1.76. The number of amides is 2. The van der Waals surface area contributed by atoms with Gasteiger partial charge in [-0.05, 0) is 26.7 Å². The molecule has 28 nitrogen and oxygen atoms in total. The zero-order valence-corrected chi connectivity index (χ0v) is 32.7. The zero-order chi connectivity index (χ0) is 45.1. The number of nitrogens with zero attached hydrogens (tertiary/aromatic N) is 12. The van der Waals surface area contributed by atoms with Gasteiger partial charge in [0.15, 0.2) is 23.6 Å². The maximum atomic E-state index is 13.9. The fourth-order valence-electron chi connectivity index (χ4n) is 6.95. The highest BCUT2D eigenvalue weighted by Crippen LogP contribution is 2.38. The van der Waals surface area contributed by atoms with E-state index in [0.29, 0.717) is 0 Å². The van der Waals surface area contributed by atoms with Crippen LogP contribution >= 0.6 is 0 Å². The highest BCUT2D eigenvalue weighted by molar-refractivity contribution is 6.09. The van der Waals surface area contributed by atoms with Gasteiger partial charge in [0.1, 0.15) is 6.17 Å². The van der Waals surface area contributed by atoms with E-state index < -0.39 is 106 Å². The summed E-state index contributed by atoms with van der Waals surface area (Å²) in [7, 11) is 0. The largest absolute Gasteiger partial charge is 0.493 e. The van der Waals surface area contributed by atoms with Crippen molar-refractivity contribution in [3.63, 3.8) is 0 Å². The van der Waals surface area contributed by atoms with Crippen LogP contribution in [0.1, 0.15) is 51.5 Å². The van der Waals surface area contributed by atoms with Crippen LogP contribution in [0.2, 0.25) is 0 Å². The predicted octanol–water partition coefficient (Wildman–Crippen LogP) is -1.42. The van der Waals surface area contributed by atoms with E-state index in [2.05, 4.69) is 40.2 Å². The maximum absolute atomic E-state index is 13.9. The first-order chi connectivity index (χ1) is 29.4. The predicted molar refractivity (Wildman–Crippen MR) is 214 cm³/mol. The van der Waals surface area contributed by atoms with E-state index in [1.54, 1.807) is 6.92 Å². The molecule has 0 saturated heterocycles. The zero-order valence-electron chi connectivity index (χ0n) is 32.7. The van der Waals surface area contributed by atoms with E-state index >= 15 is 0 Å². The Morgan fingerprint density at radius 2 is 1.40 bits per heavy atom. The molecule has 1 radical (unpaired) electrons. The van der Waals surface area contributed by atoms with Crippen LogP contribution in [0, 0.1) is 6.92 Å². The van der Waals surface area contributed by atoms with Crippen LogP contribution in [0.5, 0.6) is 0 Å². The van der Waals surface area contributed by atoms with E-state index in [1.165, 1.54) is 20.8 Å². The second-order valence-electron chi connectivity index (χ2n) is 13.5. The van der Waals surface area contributed by atoms with Crippen molar-refractivity contribution in [2.24, 2.45) is 25.7 Å². The lowest BCUT2D eigenvalue weighted by molar-refractivity contribution is -0.0868. The first-order valence-corrected chi connectivity index (χ1v) is 18.2. The van der Waals surface area contributed by atoms with Gasteiger partial charge < -0.3 is 31.3 Å². The third-order valence-corrected chi connectivity index (χ3v) is 9.86. The molecule has 7 heterocycles. The van der Waals surface area contributed by atoms with Crippen LogP contribution < -0.4 is 44.8 Å². The number of nitrogens with two attached hydrogens (primary N) is 1. The Kier molecular flexibility index (Phi) is 10.3. The number of hydrogen-bond donors (Lipinski definition) is 9. The molecule has 7 rings (SSSR count). The lowest BCUT2D eigenvalue weighted by Crippen LogP contribution is -2.65. The standard InChI is InChI=1S/C34H35N16O12/c1-5-15-21(48-26(14(4)24(54)42-33(48)61)45-10-8-19(52)37-30(45)58)39-28(56)40-22(15)50(47-12-17(20(35)38-32(47)60)44-9-7-18(51)36-29(44)57)49-27(16(6-2)25(55)43-34(49)62)46-11-13(3)23(53)41-31(46)59/h7-11,26-27,54-55H,5-6,12,35H2,1-4H3,(H,38,60)(H,42,61)(H,43,62)(H,36,51,57)(H,37,52,58)(H,41,53,59). The number of aliphatic hydroxyl groups is 5. The Balaban J connectivity index is 1.54. The summed E-state index contributed by atoms with van der Waals surface area (Å²) in [5.74, 6) is -3.11. The van der Waals surface area contributed by atoms with Gasteiger partial charge in [0.05, 0.1) is 12.2 Å². The van der Waals surface area contributed by atoms with Crippen molar-refractivity contribution in [2.75, 3.05) is 6.54 Å². The topological polar surface area (TPSA) is 385 Å². The van der Waals surface area contributed by atoms with E-state index in [4.69, 9.17) is 5.73 Å². The minimum Gasteiger partial charge on any atom is -0.493 e. The van der Waals surface area contributed by atoms with Gasteiger partial charge in [-0.3, -0.25) is 47.9 Å². The monoisotopic (exact) mass is 859 g/mol. The number of carbonyl (C=O) groups is 1. The third kappa shape index (κ3) is 6.84. The van der Waals surface area contributed by atoms with Crippen LogP contribution in [-0.4, -0.2) is 111 Å². The number of aliphatic hydroxyl groups excluding tert-OH is 5. The summed E-state index contributed by atoms with van der Waals surface area (Å²) in [5.41, 5.74) is 0.0679. The Hall–Kier alpha value is -8.85. The number of carbonyl (C=O) groups excluding carboxylic acids is 1. The third-order valence-electron chi connectivity index (χ3n) is 9.86. The molecule has 0 aliphatic carbocycles. The number of hydrazine groups is 2. The molecule has 3 aromatic rings. The number of aromatic nitrogens is 6. The number of hydrogen-bond acceptors (Lipinski definition) is 17. The molecule has 323 valence electrons. The summed E-state index contributed by atoms with van der Waals surface area (Å²) in [4.78, 5) is 113. The van der Waals surface area contributed by atoms with Crippen LogP contribution in [0.25, 0.3) is 5.70 Å². The van der Waals surface area contributed by atoms with Crippen LogP contribution in [0.15, 0.2) is 120 Å². The van der Waals surface area contributed by atoms with Crippen molar-refractivity contribution < 1.29 is 30.3 Å². The van der Waals surface area contributed by atoms with Gasteiger partial charge in [-0.15, -0.1) is 0 Å². The second-order valence-corrected chi connectivity index (χ2v) is 13.5. The first-order valence-electron chi connectivity index (χ1n) is 18.2. The quantitative estimate of drug-likeness (QED) is 0.125. The number of amidine groups is 4. The molecular formula is C34H35N16O12. The van der Waals surface area contributed by atoms with Crippen molar-refractivity contribution in [1.29, 1.82) is 0 Å². The minimum absolute atomic E-state index is 0.0265. The van der Waals surface area contributed by atoms with Gasteiger partial charge in [-0.25, -0.2) is 24.2 Å². The fourth-order valence-corrected chi connectivity index (χ4v) is 6.95. The Morgan fingerprint density at radius 3 is 2.05 bits per heavy atom. The van der Waals surface area contributed by atoms with Gasteiger partial charge in [0, 0.05) is 53.0 Å². The summed E-state index contributed by atoms with van der Waals surface area (Å²) in [6.45, 7) is 5.00. The van der Waals surface area contributed by atoms with E-state index in [1.807, 2.05) is 0 Å².